The number of rotatable bonds is 5. The van der Waals surface area contributed by atoms with E-state index in [1.54, 1.807) is 6.92 Å². The maximum Gasteiger partial charge on any atom is 0.143 e. The smallest absolute Gasteiger partial charge is 0.143 e. The van der Waals surface area contributed by atoms with E-state index < -0.39 is 0 Å². The van der Waals surface area contributed by atoms with Crippen molar-refractivity contribution in [3.05, 3.63) is 0 Å². The van der Waals surface area contributed by atoms with Crippen LogP contribution < -0.4 is 0 Å². The van der Waals surface area contributed by atoms with Gasteiger partial charge in [0.05, 0.1) is 6.54 Å². The normalized spacial score (nSPS) is 23.3. The van der Waals surface area contributed by atoms with Crippen LogP contribution in [0.15, 0.2) is 0 Å². The lowest BCUT2D eigenvalue weighted by Gasteiger charge is -2.17. The summed E-state index contributed by atoms with van der Waals surface area (Å²) in [7, 11) is 4.21. The summed E-state index contributed by atoms with van der Waals surface area (Å²) in [6.45, 7) is 5.77. The minimum atomic E-state index is 0.260. The molecule has 1 rings (SSSR count). The fraction of sp³-hybridized carbons (Fsp3) is 0.909. The third-order valence-corrected chi connectivity index (χ3v) is 2.90. The number of Topliss-reactive ketones (excluding diaryl/α,β-unsaturated/α-hetero) is 1. The van der Waals surface area contributed by atoms with Gasteiger partial charge in [0, 0.05) is 6.54 Å². The Balaban J connectivity index is 2.11. The van der Waals surface area contributed by atoms with Gasteiger partial charge in [-0.3, -0.25) is 9.69 Å². The molecule has 1 saturated heterocycles. The van der Waals surface area contributed by atoms with Gasteiger partial charge in [0.15, 0.2) is 0 Å². The van der Waals surface area contributed by atoms with E-state index in [-0.39, 0.29) is 5.78 Å². The van der Waals surface area contributed by atoms with Crippen LogP contribution in [-0.4, -0.2) is 55.9 Å². The zero-order chi connectivity index (χ0) is 10.6. The standard InChI is InChI=1S/C11H22N2O/c1-10(14)8-12(2)6-4-11-5-7-13(3)9-11/h11H,4-9H2,1-3H3. The maximum absolute atomic E-state index is 10.9. The highest BCUT2D eigenvalue weighted by molar-refractivity contribution is 5.77. The molecule has 3 heteroatoms. The Bertz CT molecular complexity index is 194. The zero-order valence-corrected chi connectivity index (χ0v) is 9.62. The van der Waals surface area contributed by atoms with Crippen LogP contribution >= 0.6 is 0 Å². The van der Waals surface area contributed by atoms with E-state index in [0.29, 0.717) is 6.54 Å². The number of likely N-dealkylation sites (tertiary alicyclic amines) is 1. The predicted octanol–water partition coefficient (Wildman–Crippen LogP) is 0.849. The molecule has 0 spiro atoms. The molecular formula is C11H22N2O. The van der Waals surface area contributed by atoms with Crippen molar-refractivity contribution in [1.82, 2.24) is 9.80 Å². The Morgan fingerprint density at radius 1 is 1.57 bits per heavy atom. The van der Waals surface area contributed by atoms with Crippen LogP contribution in [0.4, 0.5) is 0 Å². The van der Waals surface area contributed by atoms with Gasteiger partial charge in [-0.25, -0.2) is 0 Å². The SMILES string of the molecule is CC(=O)CN(C)CCC1CCN(C)C1. The van der Waals surface area contributed by atoms with Crippen LogP contribution in [0, 0.1) is 5.92 Å². The number of carbonyl (C=O) groups excluding carboxylic acids is 1. The summed E-state index contributed by atoms with van der Waals surface area (Å²) < 4.78 is 0. The molecule has 1 fully saturated rings. The lowest BCUT2D eigenvalue weighted by molar-refractivity contribution is -0.117. The van der Waals surface area contributed by atoms with Crippen molar-refractivity contribution < 1.29 is 4.79 Å². The molecule has 0 amide bonds. The number of hydrogen-bond donors (Lipinski definition) is 0. The highest BCUT2D eigenvalue weighted by Gasteiger charge is 2.19. The molecule has 1 atom stereocenters. The van der Waals surface area contributed by atoms with Gasteiger partial charge in [0.2, 0.25) is 0 Å². The van der Waals surface area contributed by atoms with Gasteiger partial charge in [-0.15, -0.1) is 0 Å². The molecule has 0 radical (unpaired) electrons. The molecule has 0 aromatic carbocycles. The minimum Gasteiger partial charge on any atom is -0.306 e. The Hall–Kier alpha value is -0.410. The van der Waals surface area contributed by atoms with Crippen molar-refractivity contribution in [2.75, 3.05) is 40.3 Å². The number of nitrogens with zero attached hydrogens (tertiary/aromatic N) is 2. The Morgan fingerprint density at radius 3 is 2.79 bits per heavy atom. The first-order valence-corrected chi connectivity index (χ1v) is 5.44. The quantitative estimate of drug-likeness (QED) is 0.654. The van der Waals surface area contributed by atoms with Crippen LogP contribution in [0.2, 0.25) is 0 Å². The monoisotopic (exact) mass is 198 g/mol. The van der Waals surface area contributed by atoms with E-state index in [1.807, 2.05) is 7.05 Å². The third-order valence-electron chi connectivity index (χ3n) is 2.90. The molecule has 0 aliphatic carbocycles. The van der Waals surface area contributed by atoms with E-state index in [0.717, 1.165) is 12.5 Å². The summed E-state index contributed by atoms with van der Waals surface area (Å²) in [5.41, 5.74) is 0. The van der Waals surface area contributed by atoms with Crippen molar-refractivity contribution in [3.8, 4) is 0 Å². The Kier molecular flexibility index (Phi) is 4.55. The largest absolute Gasteiger partial charge is 0.306 e. The molecule has 1 unspecified atom stereocenters. The molecule has 0 N–H and O–H groups in total. The second kappa shape index (κ2) is 5.47. The molecule has 14 heavy (non-hydrogen) atoms. The first-order valence-electron chi connectivity index (χ1n) is 5.44. The molecule has 0 saturated carbocycles. The van der Waals surface area contributed by atoms with Crippen LogP contribution in [0.3, 0.4) is 0 Å². The molecular weight excluding hydrogens is 176 g/mol. The highest BCUT2D eigenvalue weighted by Crippen LogP contribution is 2.17. The van der Waals surface area contributed by atoms with Gasteiger partial charge in [-0.05, 0) is 52.9 Å². The lowest BCUT2D eigenvalue weighted by atomic mass is 10.1. The van der Waals surface area contributed by atoms with Crippen molar-refractivity contribution >= 4 is 5.78 Å². The molecule has 0 aromatic rings. The Labute approximate surface area is 87.1 Å². The fourth-order valence-electron chi connectivity index (χ4n) is 2.12. The number of ketones is 1. The summed E-state index contributed by atoms with van der Waals surface area (Å²) in [6, 6.07) is 0. The van der Waals surface area contributed by atoms with E-state index in [2.05, 4.69) is 16.8 Å². The molecule has 1 aliphatic heterocycles. The van der Waals surface area contributed by atoms with Gasteiger partial charge < -0.3 is 4.90 Å². The molecule has 1 heterocycles. The van der Waals surface area contributed by atoms with Crippen LogP contribution in [0.5, 0.6) is 0 Å². The van der Waals surface area contributed by atoms with E-state index >= 15 is 0 Å². The van der Waals surface area contributed by atoms with Crippen LogP contribution in [-0.2, 0) is 4.79 Å². The predicted molar refractivity (Wildman–Crippen MR) is 58.4 cm³/mol. The Morgan fingerprint density at radius 2 is 2.29 bits per heavy atom. The fourth-order valence-corrected chi connectivity index (χ4v) is 2.12. The maximum atomic E-state index is 10.9. The molecule has 0 aromatic heterocycles. The van der Waals surface area contributed by atoms with Crippen molar-refractivity contribution in [1.29, 1.82) is 0 Å². The van der Waals surface area contributed by atoms with Gasteiger partial charge >= 0.3 is 0 Å². The van der Waals surface area contributed by atoms with Gasteiger partial charge in [0.25, 0.3) is 0 Å². The van der Waals surface area contributed by atoms with Crippen molar-refractivity contribution in [2.24, 2.45) is 5.92 Å². The molecule has 0 bridgehead atoms. The highest BCUT2D eigenvalue weighted by atomic mass is 16.1. The third kappa shape index (κ3) is 4.20. The summed E-state index contributed by atoms with van der Waals surface area (Å²) in [5, 5.41) is 0. The van der Waals surface area contributed by atoms with Gasteiger partial charge in [-0.2, -0.15) is 0 Å². The minimum absolute atomic E-state index is 0.260. The summed E-state index contributed by atoms with van der Waals surface area (Å²) in [6.07, 6.45) is 2.55. The van der Waals surface area contributed by atoms with Crippen LogP contribution in [0.25, 0.3) is 0 Å². The molecule has 1 aliphatic rings. The zero-order valence-electron chi connectivity index (χ0n) is 9.62. The lowest BCUT2D eigenvalue weighted by Crippen LogP contribution is -2.27. The summed E-state index contributed by atoms with van der Waals surface area (Å²) >= 11 is 0. The topological polar surface area (TPSA) is 23.6 Å². The number of hydrogen-bond acceptors (Lipinski definition) is 3. The van der Waals surface area contributed by atoms with E-state index in [1.165, 1.54) is 25.9 Å². The average molecular weight is 198 g/mol. The first-order chi connectivity index (χ1) is 6.58. The first kappa shape index (κ1) is 11.7. The summed E-state index contributed by atoms with van der Waals surface area (Å²) in [5.74, 6) is 1.10. The van der Waals surface area contributed by atoms with E-state index in [4.69, 9.17) is 0 Å². The second-order valence-corrected chi connectivity index (χ2v) is 4.65. The van der Waals surface area contributed by atoms with Gasteiger partial charge in [-0.1, -0.05) is 0 Å². The average Bonchev–Trinajstić information content (AvgIpc) is 2.47. The number of carbonyl (C=O) groups is 1. The van der Waals surface area contributed by atoms with Crippen molar-refractivity contribution in [3.63, 3.8) is 0 Å². The molecule has 3 nitrogen and oxygen atoms in total. The second-order valence-electron chi connectivity index (χ2n) is 4.65. The van der Waals surface area contributed by atoms with Gasteiger partial charge in [0.1, 0.15) is 5.78 Å². The summed E-state index contributed by atoms with van der Waals surface area (Å²) in [4.78, 5) is 15.4. The molecule has 82 valence electrons. The van der Waals surface area contributed by atoms with E-state index in [9.17, 15) is 4.79 Å². The van der Waals surface area contributed by atoms with Crippen LogP contribution in [0.1, 0.15) is 19.8 Å². The van der Waals surface area contributed by atoms with Crippen molar-refractivity contribution in [2.45, 2.75) is 19.8 Å². The number of likely N-dealkylation sites (N-methyl/N-ethyl adjacent to an activating group) is 1.